The molecule has 0 unspecified atom stereocenters. The summed E-state index contributed by atoms with van der Waals surface area (Å²) in [6.07, 6.45) is 3.21. The monoisotopic (exact) mass is 312 g/mol. The number of anilines is 1. The van der Waals surface area contributed by atoms with E-state index >= 15 is 0 Å². The highest BCUT2D eigenvalue weighted by molar-refractivity contribution is 7.89. The van der Waals surface area contributed by atoms with Gasteiger partial charge in [-0.15, -0.1) is 11.3 Å². The van der Waals surface area contributed by atoms with Crippen LogP contribution >= 0.6 is 11.3 Å². The number of nitrogen functional groups attached to an aromatic ring is 1. The molecule has 0 fully saturated rings. The summed E-state index contributed by atoms with van der Waals surface area (Å²) in [6.45, 7) is 1.96. The molecule has 0 aliphatic carbocycles. The molecule has 8 nitrogen and oxygen atoms in total. The van der Waals surface area contributed by atoms with Crippen molar-refractivity contribution < 1.29 is 8.42 Å². The van der Waals surface area contributed by atoms with Crippen LogP contribution < -0.4 is 10.5 Å². The molecule has 0 aromatic carbocycles. The zero-order valence-electron chi connectivity index (χ0n) is 10.5. The van der Waals surface area contributed by atoms with Crippen LogP contribution in [0.15, 0.2) is 22.8 Å². The molecule has 0 spiro atoms. The molecular weight excluding hydrogens is 300 g/mol. The molecular formula is C10H12N6O2S2. The van der Waals surface area contributed by atoms with E-state index in [0.717, 1.165) is 11.3 Å². The fourth-order valence-electron chi connectivity index (χ4n) is 1.84. The summed E-state index contributed by atoms with van der Waals surface area (Å²) in [5, 5.41) is 8.31. The van der Waals surface area contributed by atoms with Gasteiger partial charge in [-0.3, -0.25) is 9.50 Å². The quantitative estimate of drug-likeness (QED) is 0.648. The molecule has 3 heterocycles. The van der Waals surface area contributed by atoms with Crippen LogP contribution in [0.25, 0.3) is 4.96 Å². The molecule has 0 saturated heterocycles. The van der Waals surface area contributed by atoms with Crippen molar-refractivity contribution in [1.29, 1.82) is 0 Å². The summed E-state index contributed by atoms with van der Waals surface area (Å²) in [5.74, 6) is -0.00624. The van der Waals surface area contributed by atoms with E-state index in [1.165, 1.54) is 15.7 Å². The second kappa shape index (κ2) is 4.58. The second-order valence-corrected chi connectivity index (χ2v) is 6.76. The minimum absolute atomic E-state index is 0.00624. The van der Waals surface area contributed by atoms with E-state index in [9.17, 15) is 8.42 Å². The third-order valence-corrected chi connectivity index (χ3v) is 5.08. The molecule has 0 amide bonds. The number of hydrogen-bond acceptors (Lipinski definition) is 6. The molecule has 0 atom stereocenters. The summed E-state index contributed by atoms with van der Waals surface area (Å²) in [7, 11) is -3.75. The molecule has 20 heavy (non-hydrogen) atoms. The molecule has 0 aliphatic rings. The van der Waals surface area contributed by atoms with Gasteiger partial charge in [-0.2, -0.15) is 5.10 Å². The van der Waals surface area contributed by atoms with Crippen LogP contribution in [0.5, 0.6) is 0 Å². The first-order valence-electron chi connectivity index (χ1n) is 5.68. The normalized spacial score (nSPS) is 12.2. The molecule has 4 N–H and O–H groups in total. The number of thiazole rings is 1. The minimum Gasteiger partial charge on any atom is -0.381 e. The Balaban J connectivity index is 1.94. The van der Waals surface area contributed by atoms with Gasteiger partial charge in [0.15, 0.2) is 15.8 Å². The van der Waals surface area contributed by atoms with Gasteiger partial charge < -0.3 is 5.73 Å². The molecule has 3 aromatic rings. The van der Waals surface area contributed by atoms with Gasteiger partial charge in [0, 0.05) is 29.4 Å². The van der Waals surface area contributed by atoms with Gasteiger partial charge >= 0.3 is 0 Å². The highest BCUT2D eigenvalue weighted by atomic mass is 32.2. The zero-order chi connectivity index (χ0) is 14.3. The Hall–Kier alpha value is -1.91. The lowest BCUT2D eigenvalue weighted by Crippen LogP contribution is -2.25. The van der Waals surface area contributed by atoms with Gasteiger partial charge in [0.1, 0.15) is 0 Å². The maximum Gasteiger partial charge on any atom is 0.260 e. The smallest absolute Gasteiger partial charge is 0.260 e. The number of imidazole rings is 1. The molecule has 0 radical (unpaired) electrons. The number of H-pyrrole nitrogens is 1. The van der Waals surface area contributed by atoms with Crippen molar-refractivity contribution in [1.82, 2.24) is 24.3 Å². The third kappa shape index (κ3) is 2.07. The number of hydrogen-bond donors (Lipinski definition) is 3. The Kier molecular flexibility index (Phi) is 3.00. The first kappa shape index (κ1) is 13.1. The summed E-state index contributed by atoms with van der Waals surface area (Å²) in [6, 6.07) is 0. The van der Waals surface area contributed by atoms with Crippen molar-refractivity contribution in [3.8, 4) is 0 Å². The summed E-state index contributed by atoms with van der Waals surface area (Å²) >= 11 is 1.32. The lowest BCUT2D eigenvalue weighted by Gasteiger charge is -2.05. The average molecular weight is 312 g/mol. The highest BCUT2D eigenvalue weighted by Crippen LogP contribution is 2.23. The van der Waals surface area contributed by atoms with Gasteiger partial charge in [0.05, 0.1) is 6.20 Å². The SMILES string of the molecule is Cc1[nH]ncc1CNS(=O)(=O)c1c(N)nc2sccn12. The predicted octanol–water partition coefficient (Wildman–Crippen LogP) is 0.488. The number of aromatic amines is 1. The van der Waals surface area contributed by atoms with Gasteiger partial charge in [-0.05, 0) is 6.92 Å². The van der Waals surface area contributed by atoms with Crippen LogP contribution in [0.3, 0.4) is 0 Å². The Morgan fingerprint density at radius 3 is 3.05 bits per heavy atom. The van der Waals surface area contributed by atoms with Crippen LogP contribution in [-0.2, 0) is 16.6 Å². The van der Waals surface area contributed by atoms with E-state index in [0.29, 0.717) is 4.96 Å². The largest absolute Gasteiger partial charge is 0.381 e. The Morgan fingerprint density at radius 2 is 2.35 bits per heavy atom. The maximum absolute atomic E-state index is 12.4. The van der Waals surface area contributed by atoms with E-state index in [4.69, 9.17) is 5.73 Å². The van der Waals surface area contributed by atoms with E-state index in [2.05, 4.69) is 19.9 Å². The van der Waals surface area contributed by atoms with E-state index in [1.54, 1.807) is 17.8 Å². The van der Waals surface area contributed by atoms with Crippen LogP contribution in [0.4, 0.5) is 5.82 Å². The molecule has 10 heteroatoms. The number of nitrogens with zero attached hydrogens (tertiary/aromatic N) is 3. The number of sulfonamides is 1. The minimum atomic E-state index is -3.75. The standard InChI is InChI=1S/C10H12N6O2S2/c1-6-7(4-12-15-6)5-13-20(17,18)9-8(11)14-10-16(9)2-3-19-10/h2-4,13H,5,11H2,1H3,(H,12,15). The van der Waals surface area contributed by atoms with Gasteiger partial charge in [0.2, 0.25) is 0 Å². The Bertz CT molecular complexity index is 859. The number of aryl methyl sites for hydroxylation is 1. The van der Waals surface area contributed by atoms with Crippen LogP contribution in [0.1, 0.15) is 11.3 Å². The topological polar surface area (TPSA) is 118 Å². The number of nitrogens with two attached hydrogens (primary N) is 1. The lowest BCUT2D eigenvalue weighted by atomic mass is 10.3. The summed E-state index contributed by atoms with van der Waals surface area (Å²) in [4.78, 5) is 4.57. The second-order valence-electron chi connectivity index (χ2n) is 4.20. The van der Waals surface area contributed by atoms with Gasteiger partial charge in [-0.1, -0.05) is 0 Å². The maximum atomic E-state index is 12.4. The Morgan fingerprint density at radius 1 is 1.55 bits per heavy atom. The summed E-state index contributed by atoms with van der Waals surface area (Å²) in [5.41, 5.74) is 7.29. The van der Waals surface area contributed by atoms with Crippen LogP contribution in [-0.4, -0.2) is 28.0 Å². The first-order valence-corrected chi connectivity index (χ1v) is 8.05. The highest BCUT2D eigenvalue weighted by Gasteiger charge is 2.24. The molecule has 0 bridgehead atoms. The first-order chi connectivity index (χ1) is 9.49. The van der Waals surface area contributed by atoms with Crippen LogP contribution in [0.2, 0.25) is 0 Å². The molecule has 0 saturated carbocycles. The van der Waals surface area contributed by atoms with Crippen molar-refractivity contribution in [2.24, 2.45) is 0 Å². The van der Waals surface area contributed by atoms with Crippen molar-refractivity contribution in [3.05, 3.63) is 29.0 Å². The van der Waals surface area contributed by atoms with E-state index in [-0.39, 0.29) is 17.4 Å². The van der Waals surface area contributed by atoms with Crippen molar-refractivity contribution >= 4 is 32.1 Å². The zero-order valence-corrected chi connectivity index (χ0v) is 12.1. The van der Waals surface area contributed by atoms with Gasteiger partial charge in [-0.25, -0.2) is 18.1 Å². The number of aromatic nitrogens is 4. The fourth-order valence-corrected chi connectivity index (χ4v) is 3.83. The average Bonchev–Trinajstić information content (AvgIpc) is 3.02. The molecule has 3 rings (SSSR count). The van der Waals surface area contributed by atoms with Gasteiger partial charge in [0.25, 0.3) is 10.0 Å². The van der Waals surface area contributed by atoms with Crippen LogP contribution in [0, 0.1) is 6.92 Å². The Labute approximate surface area is 118 Å². The summed E-state index contributed by atoms with van der Waals surface area (Å²) < 4.78 is 28.7. The predicted molar refractivity (Wildman–Crippen MR) is 74.8 cm³/mol. The number of nitrogens with one attached hydrogen (secondary N) is 2. The fraction of sp³-hybridized carbons (Fsp3) is 0.200. The molecule has 0 aliphatic heterocycles. The van der Waals surface area contributed by atoms with Crippen molar-refractivity contribution in [2.75, 3.05) is 5.73 Å². The molecule has 106 valence electrons. The van der Waals surface area contributed by atoms with E-state index < -0.39 is 10.0 Å². The van der Waals surface area contributed by atoms with Crippen molar-refractivity contribution in [3.63, 3.8) is 0 Å². The molecule has 3 aromatic heterocycles. The third-order valence-electron chi connectivity index (χ3n) is 2.88. The number of fused-ring (bicyclic) bond motifs is 1. The van der Waals surface area contributed by atoms with Crippen molar-refractivity contribution in [2.45, 2.75) is 18.5 Å². The van der Waals surface area contributed by atoms with E-state index in [1.807, 2.05) is 6.92 Å². The lowest BCUT2D eigenvalue weighted by molar-refractivity contribution is 0.577. The number of rotatable bonds is 4.